The first-order chi connectivity index (χ1) is 7.36. The van der Waals surface area contributed by atoms with Gasteiger partial charge in [0, 0.05) is 13.6 Å². The lowest BCUT2D eigenvalue weighted by atomic mass is 10.2. The number of fused-ring (bicyclic) bond motifs is 2. The van der Waals surface area contributed by atoms with Crippen molar-refractivity contribution in [1.82, 2.24) is 5.16 Å². The van der Waals surface area contributed by atoms with E-state index in [0.29, 0.717) is 0 Å². The molecule has 0 radical (unpaired) electrons. The van der Waals surface area contributed by atoms with Crippen LogP contribution in [0.15, 0.2) is 35.1 Å². The molecule has 4 heteroatoms. The average Bonchev–Trinajstić information content (AvgIpc) is 2.69. The SMILES string of the molecule is CN1c2ccccc2NCc2conc21. The third-order valence-corrected chi connectivity index (χ3v) is 2.67. The smallest absolute Gasteiger partial charge is 0.181 e. The van der Waals surface area contributed by atoms with E-state index in [1.165, 1.54) is 0 Å². The fraction of sp³-hybridized carbons (Fsp3) is 0.182. The van der Waals surface area contributed by atoms with Crippen LogP contribution in [0.4, 0.5) is 17.2 Å². The van der Waals surface area contributed by atoms with Crippen LogP contribution < -0.4 is 10.2 Å². The van der Waals surface area contributed by atoms with Crippen molar-refractivity contribution >= 4 is 17.2 Å². The lowest BCUT2D eigenvalue weighted by Gasteiger charge is -2.17. The minimum Gasteiger partial charge on any atom is -0.379 e. The molecule has 1 aromatic heterocycles. The van der Waals surface area contributed by atoms with E-state index in [0.717, 1.165) is 29.3 Å². The second-order valence-corrected chi connectivity index (χ2v) is 3.59. The summed E-state index contributed by atoms with van der Waals surface area (Å²) in [5, 5.41) is 7.36. The van der Waals surface area contributed by atoms with Gasteiger partial charge in [-0.3, -0.25) is 0 Å². The standard InChI is InChI=1S/C11H11N3O/c1-14-10-5-3-2-4-9(10)12-6-8-7-15-13-11(8)14/h2-5,7,12H,6H2,1H3. The van der Waals surface area contributed by atoms with Crippen molar-refractivity contribution in [2.24, 2.45) is 0 Å². The number of nitrogens with one attached hydrogen (secondary N) is 1. The van der Waals surface area contributed by atoms with E-state index in [4.69, 9.17) is 4.52 Å². The molecule has 0 fully saturated rings. The van der Waals surface area contributed by atoms with Crippen LogP contribution in [0.5, 0.6) is 0 Å². The molecule has 0 spiro atoms. The maximum absolute atomic E-state index is 4.98. The Hall–Kier alpha value is -1.97. The number of benzene rings is 1. The Morgan fingerprint density at radius 2 is 2.27 bits per heavy atom. The topological polar surface area (TPSA) is 41.3 Å². The van der Waals surface area contributed by atoms with Crippen molar-refractivity contribution in [2.75, 3.05) is 17.3 Å². The van der Waals surface area contributed by atoms with E-state index in [2.05, 4.69) is 22.6 Å². The third-order valence-electron chi connectivity index (χ3n) is 2.67. The number of anilines is 3. The Balaban J connectivity index is 2.18. The van der Waals surface area contributed by atoms with Crippen molar-refractivity contribution in [3.63, 3.8) is 0 Å². The Labute approximate surface area is 87.5 Å². The number of para-hydroxylation sites is 2. The molecule has 0 unspecified atom stereocenters. The average molecular weight is 201 g/mol. The van der Waals surface area contributed by atoms with Crippen LogP contribution in [-0.2, 0) is 6.54 Å². The number of aromatic nitrogens is 1. The maximum atomic E-state index is 4.98. The lowest BCUT2D eigenvalue weighted by Crippen LogP contribution is -2.10. The molecular weight excluding hydrogens is 190 g/mol. The predicted molar refractivity (Wildman–Crippen MR) is 58.3 cm³/mol. The van der Waals surface area contributed by atoms with Gasteiger partial charge in [0.05, 0.1) is 16.9 Å². The Kier molecular flexibility index (Phi) is 1.68. The summed E-state index contributed by atoms with van der Waals surface area (Å²) in [6.07, 6.45) is 1.69. The molecule has 1 aliphatic rings. The highest BCUT2D eigenvalue weighted by Crippen LogP contribution is 2.35. The fourth-order valence-corrected chi connectivity index (χ4v) is 1.87. The van der Waals surface area contributed by atoms with Crippen molar-refractivity contribution < 1.29 is 4.52 Å². The molecule has 1 aliphatic heterocycles. The summed E-state index contributed by atoms with van der Waals surface area (Å²) in [6, 6.07) is 8.16. The van der Waals surface area contributed by atoms with Gasteiger partial charge in [0.15, 0.2) is 5.82 Å². The van der Waals surface area contributed by atoms with Gasteiger partial charge in [-0.15, -0.1) is 0 Å². The van der Waals surface area contributed by atoms with Gasteiger partial charge in [-0.1, -0.05) is 17.3 Å². The summed E-state index contributed by atoms with van der Waals surface area (Å²) in [4.78, 5) is 2.04. The molecule has 76 valence electrons. The van der Waals surface area contributed by atoms with Gasteiger partial charge in [-0.2, -0.15) is 0 Å². The third kappa shape index (κ3) is 1.18. The van der Waals surface area contributed by atoms with E-state index in [1.807, 2.05) is 24.1 Å². The first-order valence-electron chi connectivity index (χ1n) is 4.86. The summed E-state index contributed by atoms with van der Waals surface area (Å²) in [7, 11) is 1.99. The van der Waals surface area contributed by atoms with E-state index in [9.17, 15) is 0 Å². The van der Waals surface area contributed by atoms with Crippen LogP contribution >= 0.6 is 0 Å². The summed E-state index contributed by atoms with van der Waals surface area (Å²) in [6.45, 7) is 0.750. The maximum Gasteiger partial charge on any atom is 0.181 e. The molecule has 0 saturated heterocycles. The van der Waals surface area contributed by atoms with Crippen LogP contribution in [0.2, 0.25) is 0 Å². The minimum atomic E-state index is 0.750. The summed E-state index contributed by atoms with van der Waals surface area (Å²) < 4.78 is 4.98. The van der Waals surface area contributed by atoms with Crippen molar-refractivity contribution in [3.05, 3.63) is 36.1 Å². The largest absolute Gasteiger partial charge is 0.379 e. The van der Waals surface area contributed by atoms with Gasteiger partial charge in [-0.25, -0.2) is 0 Å². The molecule has 0 saturated carbocycles. The molecular formula is C11H11N3O. The zero-order valence-electron chi connectivity index (χ0n) is 8.40. The predicted octanol–water partition coefficient (Wildman–Crippen LogP) is 2.37. The number of hydrogen-bond donors (Lipinski definition) is 1. The van der Waals surface area contributed by atoms with Gasteiger partial charge in [0.1, 0.15) is 6.26 Å². The number of rotatable bonds is 0. The molecule has 3 rings (SSSR count). The molecule has 2 heterocycles. The van der Waals surface area contributed by atoms with Crippen molar-refractivity contribution in [1.29, 1.82) is 0 Å². The van der Waals surface area contributed by atoms with Gasteiger partial charge in [-0.05, 0) is 12.1 Å². The molecule has 2 aromatic rings. The number of nitrogens with zero attached hydrogens (tertiary/aromatic N) is 2. The minimum absolute atomic E-state index is 0.750. The first kappa shape index (κ1) is 8.35. The Bertz CT molecular complexity index is 492. The highest BCUT2D eigenvalue weighted by atomic mass is 16.5. The Morgan fingerprint density at radius 1 is 1.40 bits per heavy atom. The molecule has 4 nitrogen and oxygen atoms in total. The number of hydrogen-bond acceptors (Lipinski definition) is 4. The second kappa shape index (κ2) is 3.02. The highest BCUT2D eigenvalue weighted by molar-refractivity contribution is 5.77. The zero-order valence-corrected chi connectivity index (χ0v) is 8.40. The highest BCUT2D eigenvalue weighted by Gasteiger charge is 2.19. The molecule has 0 aliphatic carbocycles. The van der Waals surface area contributed by atoms with Gasteiger partial charge in [0.25, 0.3) is 0 Å². The zero-order chi connectivity index (χ0) is 10.3. The van der Waals surface area contributed by atoms with Crippen molar-refractivity contribution in [2.45, 2.75) is 6.54 Å². The van der Waals surface area contributed by atoms with Crippen LogP contribution in [0.3, 0.4) is 0 Å². The van der Waals surface area contributed by atoms with E-state index in [-0.39, 0.29) is 0 Å². The van der Waals surface area contributed by atoms with Gasteiger partial charge < -0.3 is 14.7 Å². The second-order valence-electron chi connectivity index (χ2n) is 3.59. The summed E-state index contributed by atoms with van der Waals surface area (Å²) in [5.74, 6) is 0.882. The lowest BCUT2D eigenvalue weighted by molar-refractivity contribution is 0.420. The van der Waals surface area contributed by atoms with Gasteiger partial charge >= 0.3 is 0 Å². The fourth-order valence-electron chi connectivity index (χ4n) is 1.87. The summed E-state index contributed by atoms with van der Waals surface area (Å²) in [5.41, 5.74) is 3.32. The van der Waals surface area contributed by atoms with E-state index in [1.54, 1.807) is 6.26 Å². The molecule has 0 atom stereocenters. The molecule has 0 bridgehead atoms. The quantitative estimate of drug-likeness (QED) is 0.710. The summed E-state index contributed by atoms with van der Waals surface area (Å²) >= 11 is 0. The van der Waals surface area contributed by atoms with Crippen LogP contribution in [0.1, 0.15) is 5.56 Å². The first-order valence-corrected chi connectivity index (χ1v) is 4.86. The Morgan fingerprint density at radius 3 is 3.20 bits per heavy atom. The van der Waals surface area contributed by atoms with Crippen LogP contribution in [0.25, 0.3) is 0 Å². The van der Waals surface area contributed by atoms with Crippen molar-refractivity contribution in [3.8, 4) is 0 Å². The van der Waals surface area contributed by atoms with Crippen LogP contribution in [-0.4, -0.2) is 12.2 Å². The van der Waals surface area contributed by atoms with E-state index < -0.39 is 0 Å². The molecule has 0 amide bonds. The molecule has 1 N–H and O–H groups in total. The van der Waals surface area contributed by atoms with Gasteiger partial charge in [0.2, 0.25) is 0 Å². The van der Waals surface area contributed by atoms with E-state index >= 15 is 0 Å². The van der Waals surface area contributed by atoms with Crippen LogP contribution in [0, 0.1) is 0 Å². The molecule has 1 aromatic carbocycles. The normalized spacial score (nSPS) is 13.8. The monoisotopic (exact) mass is 201 g/mol. The molecule has 15 heavy (non-hydrogen) atoms.